The zero-order valence-corrected chi connectivity index (χ0v) is 10.9. The molecule has 0 amide bonds. The number of nitrogens with two attached hydrogens (primary N) is 1. The SMILES string of the molecule is COC(=O)C(CN)(CC1CCC1)c1ccccc1. The van der Waals surface area contributed by atoms with Gasteiger partial charge in [0.25, 0.3) is 0 Å². The van der Waals surface area contributed by atoms with Gasteiger partial charge in [-0.25, -0.2) is 0 Å². The summed E-state index contributed by atoms with van der Waals surface area (Å²) in [6.07, 6.45) is 4.47. The number of ether oxygens (including phenoxy) is 1. The van der Waals surface area contributed by atoms with E-state index in [1.807, 2.05) is 30.3 Å². The fourth-order valence-corrected chi connectivity index (χ4v) is 2.75. The van der Waals surface area contributed by atoms with E-state index in [-0.39, 0.29) is 5.97 Å². The molecular formula is C15H21NO2. The van der Waals surface area contributed by atoms with Crippen molar-refractivity contribution in [2.45, 2.75) is 31.1 Å². The van der Waals surface area contributed by atoms with Crippen molar-refractivity contribution in [3.8, 4) is 0 Å². The van der Waals surface area contributed by atoms with E-state index in [0.717, 1.165) is 12.0 Å². The first kappa shape index (κ1) is 13.1. The molecule has 0 spiro atoms. The average molecular weight is 247 g/mol. The summed E-state index contributed by atoms with van der Waals surface area (Å²) in [6, 6.07) is 9.79. The first-order valence-corrected chi connectivity index (χ1v) is 6.57. The monoisotopic (exact) mass is 247 g/mol. The minimum Gasteiger partial charge on any atom is -0.468 e. The van der Waals surface area contributed by atoms with E-state index in [9.17, 15) is 4.79 Å². The van der Waals surface area contributed by atoms with Crippen LogP contribution in [0.2, 0.25) is 0 Å². The van der Waals surface area contributed by atoms with Gasteiger partial charge in [-0.15, -0.1) is 0 Å². The third-order valence-electron chi connectivity index (χ3n) is 4.11. The minimum absolute atomic E-state index is 0.205. The van der Waals surface area contributed by atoms with Crippen LogP contribution < -0.4 is 5.73 Å². The lowest BCUT2D eigenvalue weighted by molar-refractivity contribution is -0.148. The van der Waals surface area contributed by atoms with Gasteiger partial charge in [0.2, 0.25) is 0 Å². The van der Waals surface area contributed by atoms with E-state index in [1.165, 1.54) is 26.4 Å². The molecule has 1 fully saturated rings. The molecule has 3 heteroatoms. The molecule has 18 heavy (non-hydrogen) atoms. The van der Waals surface area contributed by atoms with Gasteiger partial charge in [-0.2, -0.15) is 0 Å². The molecule has 1 saturated carbocycles. The van der Waals surface area contributed by atoms with Crippen molar-refractivity contribution in [3.63, 3.8) is 0 Å². The van der Waals surface area contributed by atoms with Crippen molar-refractivity contribution < 1.29 is 9.53 Å². The summed E-state index contributed by atoms with van der Waals surface area (Å²) in [5, 5.41) is 0. The lowest BCUT2D eigenvalue weighted by Gasteiger charge is -2.37. The Kier molecular flexibility index (Phi) is 4.02. The van der Waals surface area contributed by atoms with Crippen LogP contribution in [-0.4, -0.2) is 19.6 Å². The molecule has 1 aromatic carbocycles. The van der Waals surface area contributed by atoms with Gasteiger partial charge in [0.1, 0.15) is 5.41 Å². The first-order chi connectivity index (χ1) is 8.73. The van der Waals surface area contributed by atoms with E-state index in [1.54, 1.807) is 0 Å². The third-order valence-corrected chi connectivity index (χ3v) is 4.11. The second-order valence-electron chi connectivity index (χ2n) is 5.14. The summed E-state index contributed by atoms with van der Waals surface area (Å²) < 4.78 is 5.01. The van der Waals surface area contributed by atoms with Crippen LogP contribution in [-0.2, 0) is 14.9 Å². The summed E-state index contributed by atoms with van der Waals surface area (Å²) in [5.74, 6) is 0.399. The van der Waals surface area contributed by atoms with Gasteiger partial charge < -0.3 is 10.5 Å². The Morgan fingerprint density at radius 2 is 2.06 bits per heavy atom. The highest BCUT2D eigenvalue weighted by Gasteiger charge is 2.43. The zero-order chi connectivity index (χ0) is 13.0. The minimum atomic E-state index is -0.666. The molecule has 1 aromatic rings. The number of benzene rings is 1. The molecule has 0 bridgehead atoms. The highest BCUT2D eigenvalue weighted by molar-refractivity contribution is 5.83. The van der Waals surface area contributed by atoms with Crippen LogP contribution >= 0.6 is 0 Å². The molecular weight excluding hydrogens is 226 g/mol. The number of esters is 1. The molecule has 0 aromatic heterocycles. The van der Waals surface area contributed by atoms with Crippen molar-refractivity contribution in [2.24, 2.45) is 11.7 Å². The second kappa shape index (κ2) is 5.53. The van der Waals surface area contributed by atoms with Crippen molar-refractivity contribution >= 4 is 5.97 Å². The normalized spacial score (nSPS) is 18.8. The maximum Gasteiger partial charge on any atom is 0.317 e. The predicted molar refractivity (Wildman–Crippen MR) is 71.1 cm³/mol. The van der Waals surface area contributed by atoms with Crippen LogP contribution in [0.3, 0.4) is 0 Å². The molecule has 0 aliphatic heterocycles. The molecule has 0 radical (unpaired) electrons. The quantitative estimate of drug-likeness (QED) is 0.812. The van der Waals surface area contributed by atoms with Crippen molar-refractivity contribution in [1.82, 2.24) is 0 Å². The Morgan fingerprint density at radius 1 is 1.39 bits per heavy atom. The fraction of sp³-hybridized carbons (Fsp3) is 0.533. The number of carbonyl (C=O) groups is 1. The highest BCUT2D eigenvalue weighted by Crippen LogP contribution is 2.39. The van der Waals surface area contributed by atoms with Crippen LogP contribution in [0.5, 0.6) is 0 Å². The molecule has 2 rings (SSSR count). The predicted octanol–water partition coefficient (Wildman–Crippen LogP) is 2.25. The molecule has 1 atom stereocenters. The largest absolute Gasteiger partial charge is 0.468 e. The lowest BCUT2D eigenvalue weighted by atomic mass is 9.68. The van der Waals surface area contributed by atoms with E-state index in [4.69, 9.17) is 10.5 Å². The summed E-state index contributed by atoms with van der Waals surface area (Å²) in [5.41, 5.74) is 6.25. The van der Waals surface area contributed by atoms with Crippen molar-refractivity contribution in [1.29, 1.82) is 0 Å². The van der Waals surface area contributed by atoms with Crippen LogP contribution in [0.4, 0.5) is 0 Å². The molecule has 3 nitrogen and oxygen atoms in total. The smallest absolute Gasteiger partial charge is 0.317 e. The maximum atomic E-state index is 12.2. The third kappa shape index (κ3) is 2.27. The summed E-state index contributed by atoms with van der Waals surface area (Å²) in [4.78, 5) is 12.2. The standard InChI is InChI=1S/C15H21NO2/c1-18-14(17)15(11-16,10-12-6-5-7-12)13-8-3-2-4-9-13/h2-4,8-9,12H,5-7,10-11,16H2,1H3. The summed E-state index contributed by atoms with van der Waals surface area (Å²) in [6.45, 7) is 0.306. The lowest BCUT2D eigenvalue weighted by Crippen LogP contribution is -2.46. The van der Waals surface area contributed by atoms with Crippen LogP contribution in [0.25, 0.3) is 0 Å². The second-order valence-corrected chi connectivity index (χ2v) is 5.14. The van der Waals surface area contributed by atoms with Crippen molar-refractivity contribution in [2.75, 3.05) is 13.7 Å². The molecule has 1 aliphatic rings. The average Bonchev–Trinajstić information content (AvgIpc) is 2.39. The fourth-order valence-electron chi connectivity index (χ4n) is 2.75. The van der Waals surface area contributed by atoms with Gasteiger partial charge in [0, 0.05) is 6.54 Å². The van der Waals surface area contributed by atoms with Gasteiger partial charge in [-0.1, -0.05) is 49.6 Å². The molecule has 2 N–H and O–H groups in total. The van der Waals surface area contributed by atoms with Gasteiger partial charge in [0.05, 0.1) is 7.11 Å². The molecule has 0 heterocycles. The van der Waals surface area contributed by atoms with Gasteiger partial charge in [0.15, 0.2) is 0 Å². The van der Waals surface area contributed by atoms with Crippen LogP contribution in [0.15, 0.2) is 30.3 Å². The van der Waals surface area contributed by atoms with Gasteiger partial charge in [-0.05, 0) is 17.9 Å². The molecule has 1 aliphatic carbocycles. The zero-order valence-electron chi connectivity index (χ0n) is 10.9. The topological polar surface area (TPSA) is 52.3 Å². The van der Waals surface area contributed by atoms with E-state index >= 15 is 0 Å². The Hall–Kier alpha value is -1.35. The number of hydrogen-bond donors (Lipinski definition) is 1. The van der Waals surface area contributed by atoms with Crippen LogP contribution in [0, 0.1) is 5.92 Å². The maximum absolute atomic E-state index is 12.2. The van der Waals surface area contributed by atoms with Gasteiger partial charge in [-0.3, -0.25) is 4.79 Å². The Morgan fingerprint density at radius 3 is 2.50 bits per heavy atom. The van der Waals surface area contributed by atoms with E-state index in [2.05, 4.69) is 0 Å². The Balaban J connectivity index is 2.33. The summed E-state index contributed by atoms with van der Waals surface area (Å²) >= 11 is 0. The Bertz CT molecular complexity index is 400. The van der Waals surface area contributed by atoms with Crippen molar-refractivity contribution in [3.05, 3.63) is 35.9 Å². The van der Waals surface area contributed by atoms with E-state index < -0.39 is 5.41 Å². The number of carbonyl (C=O) groups excluding carboxylic acids is 1. The van der Waals surface area contributed by atoms with Gasteiger partial charge >= 0.3 is 5.97 Å². The molecule has 0 saturated heterocycles. The van der Waals surface area contributed by atoms with E-state index in [0.29, 0.717) is 12.5 Å². The number of methoxy groups -OCH3 is 1. The molecule has 98 valence electrons. The number of hydrogen-bond acceptors (Lipinski definition) is 3. The number of rotatable bonds is 5. The Labute approximate surface area is 108 Å². The highest BCUT2D eigenvalue weighted by atomic mass is 16.5. The first-order valence-electron chi connectivity index (χ1n) is 6.57. The summed E-state index contributed by atoms with van der Waals surface area (Å²) in [7, 11) is 1.44. The van der Waals surface area contributed by atoms with Crippen LogP contribution in [0.1, 0.15) is 31.2 Å². The molecule has 1 unspecified atom stereocenters.